The first kappa shape index (κ1) is 15.6. The average Bonchev–Trinajstić information content (AvgIpc) is 2.97. The van der Waals surface area contributed by atoms with Crippen molar-refractivity contribution in [2.24, 2.45) is 0 Å². The van der Waals surface area contributed by atoms with Crippen LogP contribution in [0.15, 0.2) is 35.6 Å². The second-order valence-electron chi connectivity index (χ2n) is 6.76. The number of piperidine rings is 1. The number of methoxy groups -OCH3 is 1. The number of ether oxygens (including phenoxy) is 2. The fraction of sp³-hybridized carbons (Fsp3) is 0.500. The molecule has 4 aliphatic rings. The summed E-state index contributed by atoms with van der Waals surface area (Å²) in [4.78, 5) is 2.44. The highest BCUT2D eigenvalue weighted by atomic mass is 16.5. The molecule has 2 heterocycles. The van der Waals surface area contributed by atoms with Crippen molar-refractivity contribution in [1.29, 1.82) is 0 Å². The molecule has 1 saturated heterocycles. The number of phenolic OH excluding ortho intramolecular Hbond substituents is 1. The lowest BCUT2D eigenvalue weighted by Crippen LogP contribution is -2.58. The molecule has 4 nitrogen and oxygen atoms in total. The lowest BCUT2D eigenvalue weighted by atomic mass is 9.57. The number of phenols is 1. The smallest absolute Gasteiger partial charge is 0.169 e. The van der Waals surface area contributed by atoms with Crippen LogP contribution in [0.5, 0.6) is 11.5 Å². The van der Waals surface area contributed by atoms with Gasteiger partial charge in [0.25, 0.3) is 0 Å². The Hall–Kier alpha value is -1.94. The van der Waals surface area contributed by atoms with E-state index in [0.717, 1.165) is 25.1 Å². The van der Waals surface area contributed by atoms with Crippen molar-refractivity contribution in [1.82, 2.24) is 4.90 Å². The molecule has 2 bridgehead atoms. The first-order valence-electron chi connectivity index (χ1n) is 8.85. The van der Waals surface area contributed by atoms with Crippen LogP contribution in [0.1, 0.15) is 31.4 Å². The van der Waals surface area contributed by atoms with Crippen LogP contribution in [0.25, 0.3) is 0 Å². The van der Waals surface area contributed by atoms with Gasteiger partial charge in [-0.1, -0.05) is 26.0 Å². The van der Waals surface area contributed by atoms with E-state index in [1.807, 2.05) is 19.9 Å². The predicted molar refractivity (Wildman–Crippen MR) is 93.5 cm³/mol. The maximum absolute atomic E-state index is 10.3. The molecule has 0 radical (unpaired) electrons. The highest BCUT2D eigenvalue weighted by Crippen LogP contribution is 2.62. The largest absolute Gasteiger partial charge is 0.504 e. The fourth-order valence-electron chi connectivity index (χ4n) is 4.95. The summed E-state index contributed by atoms with van der Waals surface area (Å²) in [6.45, 7) is 5.04. The maximum atomic E-state index is 10.3. The predicted octanol–water partition coefficient (Wildman–Crippen LogP) is 3.15. The normalized spacial score (nSPS) is 31.8. The highest BCUT2D eigenvalue weighted by Gasteiger charge is 2.61. The zero-order chi connectivity index (χ0) is 17.1. The zero-order valence-corrected chi connectivity index (χ0v) is 14.8. The van der Waals surface area contributed by atoms with E-state index in [2.05, 4.69) is 24.1 Å². The quantitative estimate of drug-likeness (QED) is 0.860. The summed E-state index contributed by atoms with van der Waals surface area (Å²) < 4.78 is 11.8. The maximum Gasteiger partial charge on any atom is 0.169 e. The Kier molecular flexibility index (Phi) is 3.43. The van der Waals surface area contributed by atoms with Gasteiger partial charge in [-0.25, -0.2) is 0 Å². The van der Waals surface area contributed by atoms with E-state index >= 15 is 0 Å². The van der Waals surface area contributed by atoms with E-state index in [0.29, 0.717) is 11.8 Å². The highest BCUT2D eigenvalue weighted by molar-refractivity contribution is 5.67. The fourth-order valence-corrected chi connectivity index (χ4v) is 4.95. The van der Waals surface area contributed by atoms with E-state index in [-0.39, 0.29) is 17.3 Å². The molecule has 24 heavy (non-hydrogen) atoms. The second-order valence-corrected chi connectivity index (χ2v) is 6.76. The van der Waals surface area contributed by atoms with E-state index in [1.165, 1.54) is 16.7 Å². The van der Waals surface area contributed by atoms with Gasteiger partial charge in [0.2, 0.25) is 0 Å². The molecule has 1 N–H and O–H groups in total. The number of nitrogens with zero attached hydrogens (tertiary/aromatic N) is 1. The molecule has 5 rings (SSSR count). The molecule has 0 saturated carbocycles. The molecular weight excluding hydrogens is 302 g/mol. The van der Waals surface area contributed by atoms with Crippen LogP contribution < -0.4 is 4.74 Å². The molecular formula is C20H25NO3. The first-order valence-corrected chi connectivity index (χ1v) is 8.85. The Bertz CT molecular complexity index is 751. The van der Waals surface area contributed by atoms with Crippen LogP contribution in [-0.4, -0.2) is 42.9 Å². The van der Waals surface area contributed by atoms with Gasteiger partial charge in [0.05, 0.1) is 12.5 Å². The monoisotopic (exact) mass is 327 g/mol. The van der Waals surface area contributed by atoms with Crippen molar-refractivity contribution in [2.45, 2.75) is 44.2 Å². The minimum absolute atomic E-state index is 0.143. The molecule has 2 aliphatic carbocycles. The van der Waals surface area contributed by atoms with E-state index in [1.54, 1.807) is 13.2 Å². The van der Waals surface area contributed by atoms with Gasteiger partial charge >= 0.3 is 0 Å². The van der Waals surface area contributed by atoms with Crippen LogP contribution >= 0.6 is 0 Å². The first-order chi connectivity index (χ1) is 11.7. The Balaban J connectivity index is 0.000000704. The summed E-state index contributed by atoms with van der Waals surface area (Å²) in [6, 6.07) is 4.25. The lowest BCUT2D eigenvalue weighted by molar-refractivity contribution is 0.0735. The van der Waals surface area contributed by atoms with Gasteiger partial charge < -0.3 is 14.6 Å². The van der Waals surface area contributed by atoms with Gasteiger partial charge in [-0.15, -0.1) is 0 Å². The molecule has 1 aromatic carbocycles. The van der Waals surface area contributed by atoms with Crippen LogP contribution in [0, 0.1) is 0 Å². The van der Waals surface area contributed by atoms with E-state index < -0.39 is 0 Å². The number of benzene rings is 1. The Labute approximate surface area is 143 Å². The standard InChI is InChI=1S/C18H19NO3.C2H6/c1-19-8-7-18-11-4-6-14(21-2)17(18)22-16-13(20)5-3-10(15(16)18)9-12(11)19;1-2/h3-6,12,17,20H,7-9H2,1-2H3;1-2H3/t12?,17-,18?;/m1./s1. The van der Waals surface area contributed by atoms with Crippen LogP contribution in [0.3, 0.4) is 0 Å². The number of allylic oxidation sites excluding steroid dienone is 2. The summed E-state index contributed by atoms with van der Waals surface area (Å²) in [7, 11) is 3.90. The minimum atomic E-state index is -0.154. The summed E-state index contributed by atoms with van der Waals surface area (Å²) in [5, 5.41) is 10.3. The topological polar surface area (TPSA) is 41.9 Å². The molecule has 0 amide bonds. The Morgan fingerprint density at radius 3 is 2.83 bits per heavy atom. The minimum Gasteiger partial charge on any atom is -0.504 e. The van der Waals surface area contributed by atoms with Crippen molar-refractivity contribution in [3.05, 3.63) is 46.7 Å². The molecule has 3 atom stereocenters. The SMILES string of the molecule is CC.COC1=CC=C2C3Cc4ccc(O)c5c4C2(CCN3C)[C@@H]1O5. The van der Waals surface area contributed by atoms with Gasteiger partial charge in [-0.2, -0.15) is 0 Å². The van der Waals surface area contributed by atoms with Crippen molar-refractivity contribution in [3.8, 4) is 11.5 Å². The number of hydrogen-bond donors (Lipinski definition) is 1. The third-order valence-electron chi connectivity index (χ3n) is 5.95. The third kappa shape index (κ3) is 1.67. The summed E-state index contributed by atoms with van der Waals surface area (Å²) in [5.74, 6) is 1.77. The van der Waals surface area contributed by atoms with Crippen molar-refractivity contribution in [2.75, 3.05) is 20.7 Å². The Morgan fingerprint density at radius 2 is 2.08 bits per heavy atom. The van der Waals surface area contributed by atoms with E-state index in [9.17, 15) is 5.11 Å². The number of hydrogen-bond acceptors (Lipinski definition) is 4. The molecule has 1 aromatic rings. The number of aromatic hydroxyl groups is 1. The van der Waals surface area contributed by atoms with Gasteiger partial charge in [-0.3, -0.25) is 4.90 Å². The molecule has 0 aromatic heterocycles. The van der Waals surface area contributed by atoms with Crippen LogP contribution in [-0.2, 0) is 16.6 Å². The van der Waals surface area contributed by atoms with Gasteiger partial charge in [0.15, 0.2) is 17.6 Å². The number of rotatable bonds is 1. The van der Waals surface area contributed by atoms with Crippen LogP contribution in [0.4, 0.5) is 0 Å². The van der Waals surface area contributed by atoms with Crippen molar-refractivity contribution >= 4 is 0 Å². The third-order valence-corrected chi connectivity index (χ3v) is 5.95. The van der Waals surface area contributed by atoms with E-state index in [4.69, 9.17) is 9.47 Å². The van der Waals surface area contributed by atoms with Crippen LogP contribution in [0.2, 0.25) is 0 Å². The van der Waals surface area contributed by atoms with Gasteiger partial charge in [-0.05, 0) is 49.7 Å². The van der Waals surface area contributed by atoms with Crippen molar-refractivity contribution < 1.29 is 14.6 Å². The zero-order valence-electron chi connectivity index (χ0n) is 14.8. The summed E-state index contributed by atoms with van der Waals surface area (Å²) in [5.41, 5.74) is 3.78. The number of likely N-dealkylation sites (tertiary alicyclic amines) is 1. The average molecular weight is 327 g/mol. The molecule has 2 unspecified atom stereocenters. The second kappa shape index (κ2) is 5.28. The molecule has 1 spiro atoms. The molecule has 128 valence electrons. The molecule has 1 fully saturated rings. The van der Waals surface area contributed by atoms with Gasteiger partial charge in [0.1, 0.15) is 5.76 Å². The van der Waals surface area contributed by atoms with Crippen molar-refractivity contribution in [3.63, 3.8) is 0 Å². The summed E-state index contributed by atoms with van der Waals surface area (Å²) >= 11 is 0. The lowest BCUT2D eigenvalue weighted by Gasteiger charge is -2.52. The summed E-state index contributed by atoms with van der Waals surface area (Å²) in [6.07, 6.45) is 6.11. The molecule has 4 heteroatoms. The Morgan fingerprint density at radius 1 is 1.29 bits per heavy atom. The van der Waals surface area contributed by atoms with Gasteiger partial charge in [0, 0.05) is 11.6 Å². The molecule has 2 aliphatic heterocycles. The number of likely N-dealkylation sites (N-methyl/N-ethyl adjacent to an activating group) is 1.